The van der Waals surface area contributed by atoms with Gasteiger partial charge in [-0.15, -0.1) is 0 Å². The summed E-state index contributed by atoms with van der Waals surface area (Å²) in [4.78, 5) is 4.07. The van der Waals surface area contributed by atoms with Crippen LogP contribution in [0.15, 0.2) is 35.1 Å². The molecule has 2 rings (SSSR count). The van der Waals surface area contributed by atoms with Gasteiger partial charge in [0.05, 0.1) is 18.3 Å². The summed E-state index contributed by atoms with van der Waals surface area (Å²) in [5.74, 6) is 1.49. The topological polar surface area (TPSA) is 61.3 Å². The first-order valence-corrected chi connectivity index (χ1v) is 5.39. The molecule has 0 aliphatic carbocycles. The van der Waals surface area contributed by atoms with E-state index in [0.717, 1.165) is 17.0 Å². The van der Waals surface area contributed by atoms with Crippen LogP contribution in [0.5, 0.6) is 5.75 Å². The first kappa shape index (κ1) is 24.1. The molecule has 2 N–H and O–H groups in total. The molecular formula is C13H16BF3N2O2. The number of aromatic nitrogens is 1. The molecule has 1 heterocycles. The molecule has 2 aromatic rings. The van der Waals surface area contributed by atoms with Crippen molar-refractivity contribution in [2.75, 3.05) is 7.11 Å². The van der Waals surface area contributed by atoms with E-state index < -0.39 is 5.54 Å². The molecule has 1 aromatic carbocycles. The zero-order chi connectivity index (χ0) is 12.5. The third-order valence-corrected chi connectivity index (χ3v) is 2.91. The van der Waals surface area contributed by atoms with E-state index >= 15 is 0 Å². The molecule has 114 valence electrons. The summed E-state index contributed by atoms with van der Waals surface area (Å²) in [5, 5.41) is 0. The molecule has 0 radical (unpaired) electrons. The summed E-state index contributed by atoms with van der Waals surface area (Å²) in [7, 11) is 1.64. The van der Waals surface area contributed by atoms with Gasteiger partial charge in [0, 0.05) is 0 Å². The zero-order valence-corrected chi connectivity index (χ0v) is 11.9. The minimum atomic E-state index is -0.688. The number of nitrogens with zero attached hydrogens (tertiary/aromatic N) is 1. The van der Waals surface area contributed by atoms with Crippen LogP contribution < -0.4 is 24.6 Å². The van der Waals surface area contributed by atoms with E-state index in [4.69, 9.17) is 14.9 Å². The first-order valence-electron chi connectivity index (χ1n) is 5.39. The summed E-state index contributed by atoms with van der Waals surface area (Å²) < 4.78 is 10.5. The molecule has 0 saturated heterocycles. The van der Waals surface area contributed by atoms with Crippen LogP contribution in [0, 0.1) is 6.92 Å². The van der Waals surface area contributed by atoms with Gasteiger partial charge in [0.25, 0.3) is 0 Å². The molecule has 0 aliphatic rings. The van der Waals surface area contributed by atoms with E-state index in [-0.39, 0.29) is 22.5 Å². The summed E-state index contributed by atoms with van der Waals surface area (Å²) in [6.07, 6.45) is 1.42. The standard InChI is InChI=1S/C13H16N2O2.B.3FH/c1-9-12(17-8-15-9)13(2,14)10-4-6-11(16-3)7-5-10;;;;/h4-8H,14H2,1-3H3;;3*1H/q;+3;;;/p-3. The number of nitrogens with two attached hydrogens (primary N) is 1. The number of benzene rings is 1. The number of hydrogen-bond acceptors (Lipinski definition) is 4. The van der Waals surface area contributed by atoms with Crippen LogP contribution >= 0.6 is 0 Å². The van der Waals surface area contributed by atoms with Crippen molar-refractivity contribution in [3.05, 3.63) is 47.7 Å². The summed E-state index contributed by atoms with van der Waals surface area (Å²) in [6.45, 7) is 3.79. The number of oxazole rings is 1. The molecule has 21 heavy (non-hydrogen) atoms. The minimum absolute atomic E-state index is 0. The summed E-state index contributed by atoms with van der Waals surface area (Å²) >= 11 is 0. The summed E-state index contributed by atoms with van der Waals surface area (Å²) in [6, 6.07) is 7.62. The Hall–Kier alpha value is -1.96. The SMILES string of the molecule is COc1ccc(C(C)(N)c2ocnc2C)cc1.[B+3].[F-].[F-].[F-]. The fourth-order valence-electron chi connectivity index (χ4n) is 1.87. The van der Waals surface area contributed by atoms with Gasteiger partial charge in [0.1, 0.15) is 5.75 Å². The third kappa shape index (κ3) is 4.52. The Kier molecular flexibility index (Phi) is 10.4. The monoisotopic (exact) mass is 300 g/mol. The van der Waals surface area contributed by atoms with Gasteiger partial charge in [0.2, 0.25) is 0 Å². The van der Waals surface area contributed by atoms with Gasteiger partial charge in [-0.3, -0.25) is 0 Å². The Labute approximate surface area is 123 Å². The maximum Gasteiger partial charge on any atom is 3.00 e. The molecule has 4 nitrogen and oxygen atoms in total. The third-order valence-electron chi connectivity index (χ3n) is 2.91. The molecule has 0 spiro atoms. The van der Waals surface area contributed by atoms with Crippen molar-refractivity contribution >= 4 is 8.41 Å². The molecule has 0 bridgehead atoms. The Balaban J connectivity index is -0.000000810. The van der Waals surface area contributed by atoms with Gasteiger partial charge in [0.15, 0.2) is 12.2 Å². The minimum Gasteiger partial charge on any atom is -1.00 e. The fourth-order valence-corrected chi connectivity index (χ4v) is 1.87. The molecule has 0 aliphatic heterocycles. The van der Waals surface area contributed by atoms with Gasteiger partial charge < -0.3 is 29.0 Å². The fraction of sp³-hybridized carbons (Fsp3) is 0.308. The average Bonchev–Trinajstić information content (AvgIpc) is 2.76. The second kappa shape index (κ2) is 9.07. The Morgan fingerprint density at radius 2 is 1.67 bits per heavy atom. The number of rotatable bonds is 3. The predicted molar refractivity (Wildman–Crippen MR) is 70.6 cm³/mol. The van der Waals surface area contributed by atoms with E-state index in [2.05, 4.69) is 4.98 Å². The molecule has 1 aromatic heterocycles. The molecular weight excluding hydrogens is 284 g/mol. The molecule has 0 fully saturated rings. The molecule has 0 saturated carbocycles. The van der Waals surface area contributed by atoms with Gasteiger partial charge in [-0.1, -0.05) is 12.1 Å². The second-order valence-corrected chi connectivity index (χ2v) is 4.20. The molecule has 0 amide bonds. The van der Waals surface area contributed by atoms with Crippen molar-refractivity contribution in [3.8, 4) is 5.75 Å². The zero-order valence-electron chi connectivity index (χ0n) is 11.9. The van der Waals surface area contributed by atoms with Crippen molar-refractivity contribution in [2.24, 2.45) is 5.73 Å². The van der Waals surface area contributed by atoms with Crippen molar-refractivity contribution < 1.29 is 23.3 Å². The molecule has 1 unspecified atom stereocenters. The van der Waals surface area contributed by atoms with E-state index in [1.807, 2.05) is 38.1 Å². The van der Waals surface area contributed by atoms with Crippen LogP contribution in [0.3, 0.4) is 0 Å². The maximum absolute atomic E-state index is 6.32. The van der Waals surface area contributed by atoms with E-state index in [9.17, 15) is 0 Å². The first-order chi connectivity index (χ1) is 8.05. The van der Waals surface area contributed by atoms with Crippen molar-refractivity contribution in [1.29, 1.82) is 0 Å². The van der Waals surface area contributed by atoms with Crippen molar-refractivity contribution in [1.82, 2.24) is 4.98 Å². The van der Waals surface area contributed by atoms with Crippen LogP contribution in [0.4, 0.5) is 0 Å². The molecule has 1 atom stereocenters. The van der Waals surface area contributed by atoms with Crippen LogP contribution in [-0.2, 0) is 5.54 Å². The second-order valence-electron chi connectivity index (χ2n) is 4.20. The number of aryl methyl sites for hydroxylation is 1. The van der Waals surface area contributed by atoms with E-state index in [1.165, 1.54) is 6.39 Å². The van der Waals surface area contributed by atoms with Crippen LogP contribution in [-0.4, -0.2) is 20.5 Å². The van der Waals surface area contributed by atoms with Gasteiger partial charge in [-0.2, -0.15) is 0 Å². The summed E-state index contributed by atoms with van der Waals surface area (Å²) in [5.41, 5.74) is 7.40. The number of ether oxygens (including phenoxy) is 1. The van der Waals surface area contributed by atoms with Crippen molar-refractivity contribution in [2.45, 2.75) is 19.4 Å². The number of methoxy groups -OCH3 is 1. The Bertz CT molecular complexity index is 518. The number of hydrogen-bond donors (Lipinski definition) is 1. The largest absolute Gasteiger partial charge is 3.00 e. The van der Waals surface area contributed by atoms with Gasteiger partial charge >= 0.3 is 8.41 Å². The van der Waals surface area contributed by atoms with Gasteiger partial charge in [-0.25, -0.2) is 4.98 Å². The Morgan fingerprint density at radius 1 is 1.14 bits per heavy atom. The van der Waals surface area contributed by atoms with Gasteiger partial charge in [-0.05, 0) is 31.5 Å². The van der Waals surface area contributed by atoms with Crippen LogP contribution in [0.25, 0.3) is 0 Å². The molecule has 8 heteroatoms. The van der Waals surface area contributed by atoms with E-state index in [1.54, 1.807) is 7.11 Å². The Morgan fingerprint density at radius 3 is 2.05 bits per heavy atom. The average molecular weight is 300 g/mol. The maximum atomic E-state index is 6.32. The van der Waals surface area contributed by atoms with Crippen LogP contribution in [0.2, 0.25) is 0 Å². The normalized spacial score (nSPS) is 11.6. The number of halogens is 3. The van der Waals surface area contributed by atoms with E-state index in [0.29, 0.717) is 5.76 Å². The van der Waals surface area contributed by atoms with Crippen molar-refractivity contribution in [3.63, 3.8) is 0 Å². The van der Waals surface area contributed by atoms with Crippen LogP contribution in [0.1, 0.15) is 23.9 Å². The predicted octanol–water partition coefficient (Wildman–Crippen LogP) is -7.15. The quantitative estimate of drug-likeness (QED) is 0.572. The smallest absolute Gasteiger partial charge is 1.00 e.